The van der Waals surface area contributed by atoms with Crippen LogP contribution in [0.15, 0.2) is 30.5 Å². The summed E-state index contributed by atoms with van der Waals surface area (Å²) >= 11 is 0. The average Bonchev–Trinajstić information content (AvgIpc) is 3.01. The van der Waals surface area contributed by atoms with Crippen molar-refractivity contribution in [2.24, 2.45) is 0 Å². The standard InChI is InChI=1S/C20H20N2O3/c1-11-7-12(2)19(14(4)23)13(3)17(11)10-25-20(24)15-5-6-16-9-21-22-18(16)8-15/h5-9H,10H2,1-4H3,(H,21,22). The summed E-state index contributed by atoms with van der Waals surface area (Å²) in [4.78, 5) is 24.3. The minimum absolute atomic E-state index is 0.0206. The quantitative estimate of drug-likeness (QED) is 0.576. The van der Waals surface area contributed by atoms with E-state index in [1.807, 2.05) is 32.9 Å². The maximum atomic E-state index is 12.4. The number of carbonyl (C=O) groups excluding carboxylic acids is 2. The fourth-order valence-corrected chi connectivity index (χ4v) is 3.28. The largest absolute Gasteiger partial charge is 0.457 e. The van der Waals surface area contributed by atoms with E-state index in [1.54, 1.807) is 25.3 Å². The van der Waals surface area contributed by atoms with Crippen LogP contribution in [0.4, 0.5) is 0 Å². The van der Waals surface area contributed by atoms with Gasteiger partial charge in [0.05, 0.1) is 17.3 Å². The zero-order valence-corrected chi connectivity index (χ0v) is 14.8. The Balaban J connectivity index is 1.84. The first-order valence-corrected chi connectivity index (χ1v) is 8.09. The Morgan fingerprint density at radius 2 is 1.88 bits per heavy atom. The van der Waals surface area contributed by atoms with Crippen molar-refractivity contribution in [1.29, 1.82) is 0 Å². The number of H-pyrrole nitrogens is 1. The van der Waals surface area contributed by atoms with Crippen LogP contribution in [0.5, 0.6) is 0 Å². The van der Waals surface area contributed by atoms with Gasteiger partial charge in [-0.15, -0.1) is 0 Å². The number of nitrogens with zero attached hydrogens (tertiary/aromatic N) is 1. The van der Waals surface area contributed by atoms with Gasteiger partial charge in [0.25, 0.3) is 0 Å². The molecule has 3 rings (SSSR count). The van der Waals surface area contributed by atoms with Crippen molar-refractivity contribution >= 4 is 22.7 Å². The zero-order valence-electron chi connectivity index (χ0n) is 14.8. The Bertz CT molecular complexity index is 986. The molecular formula is C20H20N2O3. The van der Waals surface area contributed by atoms with Crippen molar-refractivity contribution in [2.75, 3.05) is 0 Å². The summed E-state index contributed by atoms with van der Waals surface area (Å²) < 4.78 is 5.49. The van der Waals surface area contributed by atoms with Gasteiger partial charge in [0.1, 0.15) is 6.61 Å². The molecule has 0 aliphatic heterocycles. The highest BCUT2D eigenvalue weighted by Crippen LogP contribution is 2.24. The second-order valence-electron chi connectivity index (χ2n) is 6.29. The maximum Gasteiger partial charge on any atom is 0.338 e. The predicted molar refractivity (Wildman–Crippen MR) is 95.9 cm³/mol. The summed E-state index contributed by atoms with van der Waals surface area (Å²) in [6.07, 6.45) is 1.70. The number of Topliss-reactive ketones (excluding diaryl/α,β-unsaturated/α-hetero) is 1. The summed E-state index contributed by atoms with van der Waals surface area (Å²) in [5, 5.41) is 7.72. The Morgan fingerprint density at radius 1 is 1.12 bits per heavy atom. The molecule has 0 fully saturated rings. The number of esters is 1. The molecule has 128 valence electrons. The van der Waals surface area contributed by atoms with Gasteiger partial charge in [-0.1, -0.05) is 12.1 Å². The normalized spacial score (nSPS) is 10.9. The highest BCUT2D eigenvalue weighted by atomic mass is 16.5. The van der Waals surface area contributed by atoms with Crippen LogP contribution in [0.1, 0.15) is 49.9 Å². The number of benzene rings is 2. The van der Waals surface area contributed by atoms with Crippen LogP contribution in [0, 0.1) is 20.8 Å². The number of ether oxygens (including phenoxy) is 1. The van der Waals surface area contributed by atoms with Crippen LogP contribution in [-0.2, 0) is 11.3 Å². The van der Waals surface area contributed by atoms with Crippen LogP contribution in [0.3, 0.4) is 0 Å². The minimum Gasteiger partial charge on any atom is -0.457 e. The van der Waals surface area contributed by atoms with Crippen molar-refractivity contribution in [2.45, 2.75) is 34.3 Å². The number of aromatic amines is 1. The van der Waals surface area contributed by atoms with Gasteiger partial charge in [0.15, 0.2) is 5.78 Å². The first kappa shape index (κ1) is 16.9. The first-order chi connectivity index (χ1) is 11.9. The van der Waals surface area contributed by atoms with Crippen molar-refractivity contribution in [3.8, 4) is 0 Å². The molecule has 25 heavy (non-hydrogen) atoms. The number of hydrogen-bond acceptors (Lipinski definition) is 4. The highest BCUT2D eigenvalue weighted by molar-refractivity contribution is 5.97. The highest BCUT2D eigenvalue weighted by Gasteiger charge is 2.16. The van der Waals surface area contributed by atoms with Crippen molar-refractivity contribution in [3.63, 3.8) is 0 Å². The van der Waals surface area contributed by atoms with Crippen LogP contribution in [0.2, 0.25) is 0 Å². The topological polar surface area (TPSA) is 72.1 Å². The zero-order chi connectivity index (χ0) is 18.1. The molecular weight excluding hydrogens is 316 g/mol. The fourth-order valence-electron chi connectivity index (χ4n) is 3.28. The molecule has 0 saturated carbocycles. The Morgan fingerprint density at radius 3 is 2.60 bits per heavy atom. The van der Waals surface area contributed by atoms with Gasteiger partial charge >= 0.3 is 5.97 Å². The third kappa shape index (κ3) is 3.18. The number of rotatable bonds is 4. The molecule has 2 aromatic carbocycles. The molecule has 5 nitrogen and oxygen atoms in total. The van der Waals surface area contributed by atoms with Crippen LogP contribution in [-0.4, -0.2) is 21.9 Å². The lowest BCUT2D eigenvalue weighted by atomic mass is 9.92. The lowest BCUT2D eigenvalue weighted by Crippen LogP contribution is -2.10. The SMILES string of the molecule is CC(=O)c1c(C)cc(C)c(COC(=O)c2ccc3cn[nH]c3c2)c1C. The lowest BCUT2D eigenvalue weighted by molar-refractivity contribution is 0.0471. The van der Waals surface area contributed by atoms with Crippen molar-refractivity contribution in [3.05, 3.63) is 63.8 Å². The first-order valence-electron chi connectivity index (χ1n) is 8.09. The summed E-state index contributed by atoms with van der Waals surface area (Å²) in [6, 6.07) is 7.23. The number of carbonyl (C=O) groups is 2. The molecule has 0 amide bonds. The molecule has 0 aliphatic carbocycles. The summed E-state index contributed by atoms with van der Waals surface area (Å²) in [5.74, 6) is -0.382. The Kier molecular flexibility index (Phi) is 4.40. The lowest BCUT2D eigenvalue weighted by Gasteiger charge is -2.16. The molecule has 0 bridgehead atoms. The molecule has 5 heteroatoms. The van der Waals surface area contributed by atoms with E-state index < -0.39 is 5.97 Å². The van der Waals surface area contributed by atoms with E-state index in [1.165, 1.54) is 0 Å². The molecule has 1 aromatic heterocycles. The predicted octanol–water partition coefficient (Wildman–Crippen LogP) is 4.05. The second-order valence-corrected chi connectivity index (χ2v) is 6.29. The van der Waals surface area contributed by atoms with Gasteiger partial charge in [0.2, 0.25) is 0 Å². The number of ketones is 1. The van der Waals surface area contributed by atoms with Gasteiger partial charge in [-0.3, -0.25) is 9.89 Å². The third-order valence-corrected chi connectivity index (χ3v) is 4.51. The van der Waals surface area contributed by atoms with Crippen molar-refractivity contribution < 1.29 is 14.3 Å². The fraction of sp³-hybridized carbons (Fsp3) is 0.250. The van der Waals surface area contributed by atoms with Crippen LogP contribution < -0.4 is 0 Å². The number of aryl methyl sites for hydroxylation is 2. The summed E-state index contributed by atoms with van der Waals surface area (Å²) in [7, 11) is 0. The van der Waals surface area contributed by atoms with Crippen LogP contribution in [0.25, 0.3) is 10.9 Å². The molecule has 3 aromatic rings. The molecule has 0 spiro atoms. The van der Waals surface area contributed by atoms with Gasteiger partial charge in [-0.05, 0) is 62.1 Å². The van der Waals surface area contributed by atoms with Gasteiger partial charge in [0, 0.05) is 10.9 Å². The average molecular weight is 336 g/mol. The molecule has 1 heterocycles. The van der Waals surface area contributed by atoms with E-state index in [9.17, 15) is 9.59 Å². The molecule has 0 atom stereocenters. The van der Waals surface area contributed by atoms with E-state index >= 15 is 0 Å². The van der Waals surface area contributed by atoms with Crippen molar-refractivity contribution in [1.82, 2.24) is 10.2 Å². The van der Waals surface area contributed by atoms with E-state index in [0.29, 0.717) is 11.1 Å². The molecule has 0 unspecified atom stereocenters. The molecule has 0 radical (unpaired) electrons. The van der Waals surface area contributed by atoms with E-state index in [4.69, 9.17) is 4.74 Å². The molecule has 0 aliphatic rings. The van der Waals surface area contributed by atoms with Crippen LogP contribution >= 0.6 is 0 Å². The monoisotopic (exact) mass is 336 g/mol. The second kappa shape index (κ2) is 6.51. The molecule has 0 saturated heterocycles. The Hall–Kier alpha value is -2.95. The summed E-state index contributed by atoms with van der Waals surface area (Å²) in [5.41, 5.74) is 5.67. The van der Waals surface area contributed by atoms with E-state index in [0.717, 1.165) is 33.2 Å². The number of hydrogen-bond donors (Lipinski definition) is 1. The Labute approximate surface area is 146 Å². The number of aromatic nitrogens is 2. The van der Waals surface area contributed by atoms with Gasteiger partial charge in [-0.25, -0.2) is 4.79 Å². The number of fused-ring (bicyclic) bond motifs is 1. The number of nitrogens with one attached hydrogen (secondary N) is 1. The van der Waals surface area contributed by atoms with Gasteiger partial charge in [-0.2, -0.15) is 5.10 Å². The smallest absolute Gasteiger partial charge is 0.338 e. The molecule has 1 N–H and O–H groups in total. The van der Waals surface area contributed by atoms with E-state index in [2.05, 4.69) is 10.2 Å². The minimum atomic E-state index is -0.403. The summed E-state index contributed by atoms with van der Waals surface area (Å²) in [6.45, 7) is 7.48. The van der Waals surface area contributed by atoms with Gasteiger partial charge < -0.3 is 4.74 Å². The maximum absolute atomic E-state index is 12.4. The van der Waals surface area contributed by atoms with E-state index in [-0.39, 0.29) is 12.4 Å². The third-order valence-electron chi connectivity index (χ3n) is 4.51.